The van der Waals surface area contributed by atoms with E-state index in [4.69, 9.17) is 35.6 Å². The Labute approximate surface area is 213 Å². The number of nitrogens with one attached hydrogen (secondary N) is 1. The topological polar surface area (TPSA) is 114 Å². The molecule has 0 saturated carbocycles. The lowest BCUT2D eigenvalue weighted by Gasteiger charge is -2.17. The van der Waals surface area contributed by atoms with Crippen LogP contribution in [0.5, 0.6) is 0 Å². The first-order valence-corrected chi connectivity index (χ1v) is 13.9. The molecule has 36 heavy (non-hydrogen) atoms. The molecule has 10 heteroatoms. The van der Waals surface area contributed by atoms with Crippen molar-refractivity contribution in [3.8, 4) is 22.4 Å². The van der Waals surface area contributed by atoms with Gasteiger partial charge in [-0.15, -0.1) is 0 Å². The van der Waals surface area contributed by atoms with E-state index in [0.29, 0.717) is 40.2 Å². The lowest BCUT2D eigenvalue weighted by atomic mass is 10.0. The van der Waals surface area contributed by atoms with Crippen LogP contribution in [0.15, 0.2) is 64.5 Å². The first-order chi connectivity index (χ1) is 17.3. The number of aliphatic imine (C=N–C) groups is 1. The van der Waals surface area contributed by atoms with Crippen molar-refractivity contribution < 1.29 is 23.5 Å². The van der Waals surface area contributed by atoms with Crippen molar-refractivity contribution in [2.24, 2.45) is 4.99 Å². The number of benzene rings is 2. The zero-order valence-corrected chi connectivity index (χ0v) is 21.0. The van der Waals surface area contributed by atoms with Crippen molar-refractivity contribution in [2.45, 2.75) is 35.7 Å². The van der Waals surface area contributed by atoms with E-state index in [1.54, 1.807) is 18.2 Å². The third kappa shape index (κ3) is 4.31. The van der Waals surface area contributed by atoms with E-state index in [1.807, 2.05) is 36.4 Å². The Kier molecular flexibility index (Phi) is 5.85. The number of hydrogen-bond donors (Lipinski definition) is 2. The molecule has 8 nitrogen and oxygen atoms in total. The van der Waals surface area contributed by atoms with Crippen molar-refractivity contribution in [2.75, 3.05) is 19.5 Å². The number of aromatic nitrogens is 1. The fourth-order valence-corrected chi connectivity index (χ4v) is 5.69. The van der Waals surface area contributed by atoms with Crippen LogP contribution >= 0.6 is 11.6 Å². The van der Waals surface area contributed by atoms with Crippen LogP contribution in [0.1, 0.15) is 5.69 Å². The molecule has 2 N–H and O–H groups in total. The van der Waals surface area contributed by atoms with E-state index < -0.39 is 15.8 Å². The number of ether oxygens (including phenoxy) is 3. The molecule has 2 saturated heterocycles. The molecule has 3 aromatic rings. The lowest BCUT2D eigenvalue weighted by molar-refractivity contribution is 0.00558. The van der Waals surface area contributed by atoms with Crippen LogP contribution in [0.3, 0.4) is 0 Å². The number of aliphatic hydroxyl groups excluding tert-OH is 1. The molecule has 0 amide bonds. The van der Waals surface area contributed by atoms with Crippen LogP contribution in [-0.2, 0) is 30.4 Å². The molecule has 0 aliphatic carbocycles. The van der Waals surface area contributed by atoms with Crippen LogP contribution in [0.25, 0.3) is 22.4 Å². The average Bonchev–Trinajstić information content (AvgIpc) is 3.55. The Morgan fingerprint density at radius 2 is 1.67 bits per heavy atom. The van der Waals surface area contributed by atoms with Gasteiger partial charge in [0, 0.05) is 16.7 Å². The number of fused-ring (bicyclic) bond motifs is 2. The van der Waals surface area contributed by atoms with E-state index in [1.165, 1.54) is 6.26 Å². The Hall–Kier alpha value is -2.82. The number of halogens is 1. The van der Waals surface area contributed by atoms with Gasteiger partial charge >= 0.3 is 0 Å². The smallest absolute Gasteiger partial charge is 0.195 e. The quantitative estimate of drug-likeness (QED) is 0.527. The van der Waals surface area contributed by atoms with E-state index >= 15 is 0 Å². The summed E-state index contributed by atoms with van der Waals surface area (Å²) in [7, 11) is -2.74. The van der Waals surface area contributed by atoms with E-state index in [2.05, 4.69) is 4.99 Å². The molecule has 2 aromatic carbocycles. The van der Waals surface area contributed by atoms with Gasteiger partial charge in [-0.05, 0) is 29.3 Å². The molecular formula is C26H24ClN3O5S. The second kappa shape index (κ2) is 8.93. The highest BCUT2D eigenvalue weighted by Gasteiger charge is 2.48. The monoisotopic (exact) mass is 525 g/mol. The summed E-state index contributed by atoms with van der Waals surface area (Å²) < 4.78 is 37.0. The van der Waals surface area contributed by atoms with E-state index in [-0.39, 0.29) is 24.9 Å². The minimum Gasteiger partial charge on any atom is -0.472 e. The molecule has 1 aromatic heterocycles. The van der Waals surface area contributed by atoms with Gasteiger partial charge in [0.25, 0.3) is 0 Å². The maximum Gasteiger partial charge on any atom is 0.195 e. The Bertz CT molecular complexity index is 1460. The standard InChI is InChI=1S/C26H24ClN3O5S/c1-36(28,32)17-8-6-15(7-9-17)14-2-4-16(5-3-14)24-18(27)10-19-20(30-24)11-23(29-19)35-22-13-34-25-21(31)12-33-26(22)25/h2-10,21-22,25-26,28,31H,11-13H2,1H3/t21-,22-,25-,26-,36?/m1/s1. The molecule has 0 spiro atoms. The molecule has 2 fully saturated rings. The first kappa shape index (κ1) is 23.6. The lowest BCUT2D eigenvalue weighted by Crippen LogP contribution is -2.34. The predicted octanol–water partition coefficient (Wildman–Crippen LogP) is 4.23. The fraction of sp³-hybridized carbons (Fsp3) is 0.308. The Morgan fingerprint density at radius 1 is 1.03 bits per heavy atom. The van der Waals surface area contributed by atoms with Gasteiger partial charge in [-0.25, -0.2) is 19.0 Å². The summed E-state index contributed by atoms with van der Waals surface area (Å²) >= 11 is 6.58. The molecule has 6 rings (SSSR count). The number of hydrogen-bond acceptors (Lipinski definition) is 8. The number of aliphatic hydroxyl groups is 1. The molecule has 0 radical (unpaired) electrons. The maximum atomic E-state index is 11.9. The Morgan fingerprint density at radius 3 is 2.36 bits per heavy atom. The average molecular weight is 526 g/mol. The molecule has 5 atom stereocenters. The zero-order chi connectivity index (χ0) is 25.0. The normalized spacial score (nSPS) is 26.2. The van der Waals surface area contributed by atoms with Gasteiger partial charge in [-0.1, -0.05) is 48.0 Å². The van der Waals surface area contributed by atoms with Gasteiger partial charge in [-0.3, -0.25) is 0 Å². The van der Waals surface area contributed by atoms with Crippen molar-refractivity contribution in [3.05, 3.63) is 65.3 Å². The highest BCUT2D eigenvalue weighted by atomic mass is 35.5. The summed E-state index contributed by atoms with van der Waals surface area (Å²) in [5.74, 6) is 0.535. The van der Waals surface area contributed by atoms with Crippen LogP contribution in [0.4, 0.5) is 5.69 Å². The first-order valence-electron chi connectivity index (χ1n) is 11.6. The minimum atomic E-state index is -2.74. The summed E-state index contributed by atoms with van der Waals surface area (Å²) in [4.78, 5) is 9.86. The summed E-state index contributed by atoms with van der Waals surface area (Å²) in [6.45, 7) is 0.592. The number of pyridine rings is 1. The maximum absolute atomic E-state index is 11.9. The third-order valence-electron chi connectivity index (χ3n) is 6.66. The second-order valence-corrected chi connectivity index (χ2v) is 11.8. The molecule has 4 heterocycles. The van der Waals surface area contributed by atoms with Gasteiger partial charge in [0.15, 0.2) is 12.0 Å². The van der Waals surface area contributed by atoms with Crippen LogP contribution < -0.4 is 0 Å². The third-order valence-corrected chi connectivity index (χ3v) is 8.12. The number of rotatable bonds is 4. The molecular weight excluding hydrogens is 502 g/mol. The highest BCUT2D eigenvalue weighted by Crippen LogP contribution is 2.37. The highest BCUT2D eigenvalue weighted by molar-refractivity contribution is 7.91. The van der Waals surface area contributed by atoms with Gasteiger partial charge in [0.05, 0.1) is 51.5 Å². The summed E-state index contributed by atoms with van der Waals surface area (Å²) in [5.41, 5.74) is 4.96. The minimum absolute atomic E-state index is 0.248. The SMILES string of the molecule is CS(=N)(=O)c1ccc(-c2ccc(-c3nc4c(cc3Cl)N=C(O[C@@H]3CO[C@H]5[C@@H]3OC[C@H]5O)C4)cc2)cc1. The number of nitrogens with zero attached hydrogens (tertiary/aromatic N) is 2. The van der Waals surface area contributed by atoms with Crippen LogP contribution in [0, 0.1) is 4.78 Å². The predicted molar refractivity (Wildman–Crippen MR) is 136 cm³/mol. The van der Waals surface area contributed by atoms with Crippen LogP contribution in [-0.4, -0.2) is 64.1 Å². The largest absolute Gasteiger partial charge is 0.472 e. The van der Waals surface area contributed by atoms with Gasteiger partial charge in [0.1, 0.15) is 18.3 Å². The van der Waals surface area contributed by atoms with Gasteiger partial charge < -0.3 is 19.3 Å². The fourth-order valence-electron chi connectivity index (χ4n) is 4.78. The zero-order valence-electron chi connectivity index (χ0n) is 19.4. The van der Waals surface area contributed by atoms with Crippen molar-refractivity contribution in [1.29, 1.82) is 4.78 Å². The summed E-state index contributed by atoms with van der Waals surface area (Å²) in [5, 5.41) is 10.4. The van der Waals surface area contributed by atoms with E-state index in [0.717, 1.165) is 22.4 Å². The Balaban J connectivity index is 1.18. The van der Waals surface area contributed by atoms with Crippen molar-refractivity contribution >= 4 is 32.9 Å². The van der Waals surface area contributed by atoms with E-state index in [9.17, 15) is 9.32 Å². The molecule has 3 aliphatic heterocycles. The van der Waals surface area contributed by atoms with Crippen molar-refractivity contribution in [1.82, 2.24) is 4.98 Å². The molecule has 0 bridgehead atoms. The van der Waals surface area contributed by atoms with Crippen molar-refractivity contribution in [3.63, 3.8) is 0 Å². The second-order valence-electron chi connectivity index (χ2n) is 9.23. The molecule has 3 aliphatic rings. The molecule has 1 unspecified atom stereocenters. The van der Waals surface area contributed by atoms with Crippen LogP contribution in [0.2, 0.25) is 5.02 Å². The summed E-state index contributed by atoms with van der Waals surface area (Å²) in [6.07, 6.45) is 0.255. The summed E-state index contributed by atoms with van der Waals surface area (Å²) in [6, 6.07) is 16.9. The van der Waals surface area contributed by atoms with Gasteiger partial charge in [0.2, 0.25) is 0 Å². The van der Waals surface area contributed by atoms with Gasteiger partial charge in [-0.2, -0.15) is 0 Å². The molecule has 186 valence electrons.